The minimum atomic E-state index is -0.325. The van der Waals surface area contributed by atoms with E-state index in [0.29, 0.717) is 17.1 Å². The molecule has 0 saturated heterocycles. The lowest BCUT2D eigenvalue weighted by Gasteiger charge is -2.09. The zero-order valence-corrected chi connectivity index (χ0v) is 13.0. The first-order valence-electron chi connectivity index (χ1n) is 5.43. The van der Waals surface area contributed by atoms with Crippen molar-refractivity contribution in [3.05, 3.63) is 51.4 Å². The summed E-state index contributed by atoms with van der Waals surface area (Å²) < 4.78 is 1.73. The van der Waals surface area contributed by atoms with Crippen LogP contribution < -0.4 is 16.4 Å². The molecule has 0 aliphatic heterocycles. The van der Waals surface area contributed by atoms with Gasteiger partial charge in [-0.1, -0.05) is 22.0 Å². The molecule has 0 saturated carbocycles. The lowest BCUT2D eigenvalue weighted by Crippen LogP contribution is -2.19. The molecule has 0 aromatic heterocycles. The van der Waals surface area contributed by atoms with Crippen molar-refractivity contribution in [2.24, 2.45) is 0 Å². The Bertz CT molecular complexity index is 617. The van der Waals surface area contributed by atoms with Gasteiger partial charge in [0.15, 0.2) is 0 Å². The highest BCUT2D eigenvalue weighted by Crippen LogP contribution is 2.26. The molecule has 0 bridgehead atoms. The molecule has 4 nitrogen and oxygen atoms in total. The standard InChI is InChI=1S/C13H11Br2N3O/c14-8-4-5-12(11(15)6-8)18-13(19)17-10-3-1-2-9(16)7-10/h1-7H,16H2,(H2,17,18,19). The molecule has 2 rings (SSSR count). The van der Waals surface area contributed by atoms with Crippen LogP contribution in [-0.2, 0) is 0 Å². The summed E-state index contributed by atoms with van der Waals surface area (Å²) >= 11 is 6.73. The molecule has 2 aromatic carbocycles. The summed E-state index contributed by atoms with van der Waals surface area (Å²) in [5.41, 5.74) is 7.57. The van der Waals surface area contributed by atoms with Crippen molar-refractivity contribution < 1.29 is 4.79 Å². The predicted octanol–water partition coefficient (Wildman–Crippen LogP) is 4.44. The Balaban J connectivity index is 2.05. The van der Waals surface area contributed by atoms with Crippen LogP contribution in [-0.4, -0.2) is 6.03 Å². The zero-order chi connectivity index (χ0) is 13.8. The summed E-state index contributed by atoms with van der Waals surface area (Å²) in [6.45, 7) is 0. The van der Waals surface area contributed by atoms with Gasteiger partial charge in [0.1, 0.15) is 0 Å². The second-order valence-corrected chi connectivity index (χ2v) is 5.60. The van der Waals surface area contributed by atoms with E-state index in [0.717, 1.165) is 8.95 Å². The van der Waals surface area contributed by atoms with E-state index in [1.165, 1.54) is 0 Å². The molecule has 98 valence electrons. The van der Waals surface area contributed by atoms with Gasteiger partial charge in [0, 0.05) is 20.3 Å². The average Bonchev–Trinajstić information content (AvgIpc) is 2.33. The van der Waals surface area contributed by atoms with Crippen LogP contribution in [0, 0.1) is 0 Å². The maximum atomic E-state index is 11.8. The number of nitrogens with one attached hydrogen (secondary N) is 2. The zero-order valence-electron chi connectivity index (χ0n) is 9.78. The van der Waals surface area contributed by atoms with Crippen LogP contribution in [0.3, 0.4) is 0 Å². The van der Waals surface area contributed by atoms with E-state index in [1.54, 1.807) is 30.3 Å². The third kappa shape index (κ3) is 3.97. The van der Waals surface area contributed by atoms with Crippen LogP contribution >= 0.6 is 31.9 Å². The Morgan fingerprint density at radius 3 is 2.53 bits per heavy atom. The minimum absolute atomic E-state index is 0.325. The molecule has 0 aliphatic rings. The number of amides is 2. The smallest absolute Gasteiger partial charge is 0.323 e. The van der Waals surface area contributed by atoms with Gasteiger partial charge in [-0.2, -0.15) is 0 Å². The molecule has 0 fully saturated rings. The van der Waals surface area contributed by atoms with E-state index in [2.05, 4.69) is 42.5 Å². The minimum Gasteiger partial charge on any atom is -0.399 e. The molecule has 2 aromatic rings. The number of nitrogens with two attached hydrogens (primary N) is 1. The molecule has 0 spiro atoms. The van der Waals surface area contributed by atoms with Gasteiger partial charge in [0.25, 0.3) is 0 Å². The number of anilines is 3. The molecule has 2 amide bonds. The number of benzene rings is 2. The molecule has 0 radical (unpaired) electrons. The topological polar surface area (TPSA) is 67.1 Å². The first kappa shape index (κ1) is 13.9. The number of urea groups is 1. The summed E-state index contributed by atoms with van der Waals surface area (Å²) in [6, 6.07) is 12.2. The Morgan fingerprint density at radius 2 is 1.84 bits per heavy atom. The average molecular weight is 385 g/mol. The van der Waals surface area contributed by atoms with Crippen LogP contribution in [0.15, 0.2) is 51.4 Å². The number of rotatable bonds is 2. The Hall–Kier alpha value is -1.53. The Morgan fingerprint density at radius 1 is 1.05 bits per heavy atom. The second kappa shape index (κ2) is 6.08. The van der Waals surface area contributed by atoms with Crippen LogP contribution in [0.25, 0.3) is 0 Å². The van der Waals surface area contributed by atoms with E-state index in [-0.39, 0.29) is 6.03 Å². The molecule has 6 heteroatoms. The van der Waals surface area contributed by atoms with Crippen LogP contribution in [0.1, 0.15) is 0 Å². The molecule has 4 N–H and O–H groups in total. The number of carbonyl (C=O) groups is 1. The van der Waals surface area contributed by atoms with Crippen molar-refractivity contribution in [2.75, 3.05) is 16.4 Å². The summed E-state index contributed by atoms with van der Waals surface area (Å²) in [6.07, 6.45) is 0. The predicted molar refractivity (Wildman–Crippen MR) is 85.3 cm³/mol. The fourth-order valence-electron chi connectivity index (χ4n) is 1.49. The van der Waals surface area contributed by atoms with E-state index in [4.69, 9.17) is 5.73 Å². The highest BCUT2D eigenvalue weighted by atomic mass is 79.9. The molecular weight excluding hydrogens is 374 g/mol. The van der Waals surface area contributed by atoms with Gasteiger partial charge in [-0.05, 0) is 52.3 Å². The molecule has 0 unspecified atom stereocenters. The van der Waals surface area contributed by atoms with E-state index in [1.807, 2.05) is 12.1 Å². The molecular formula is C13H11Br2N3O. The maximum absolute atomic E-state index is 11.8. The van der Waals surface area contributed by atoms with Gasteiger partial charge in [-0.3, -0.25) is 0 Å². The normalized spacial score (nSPS) is 10.0. The van der Waals surface area contributed by atoms with Crippen molar-refractivity contribution in [3.63, 3.8) is 0 Å². The first-order valence-corrected chi connectivity index (χ1v) is 7.02. The number of hydrogen-bond acceptors (Lipinski definition) is 2. The van der Waals surface area contributed by atoms with Gasteiger partial charge in [-0.25, -0.2) is 4.79 Å². The molecule has 0 aliphatic carbocycles. The van der Waals surface area contributed by atoms with E-state index < -0.39 is 0 Å². The van der Waals surface area contributed by atoms with Gasteiger partial charge in [0.05, 0.1) is 5.69 Å². The highest BCUT2D eigenvalue weighted by molar-refractivity contribution is 9.11. The van der Waals surface area contributed by atoms with Crippen molar-refractivity contribution in [2.45, 2.75) is 0 Å². The highest BCUT2D eigenvalue weighted by Gasteiger charge is 2.06. The van der Waals surface area contributed by atoms with Crippen LogP contribution in [0.4, 0.5) is 21.9 Å². The lowest BCUT2D eigenvalue weighted by molar-refractivity contribution is 0.262. The van der Waals surface area contributed by atoms with Crippen molar-refractivity contribution in [3.8, 4) is 0 Å². The summed E-state index contributed by atoms with van der Waals surface area (Å²) in [4.78, 5) is 11.8. The van der Waals surface area contributed by atoms with Gasteiger partial charge in [-0.15, -0.1) is 0 Å². The third-order valence-electron chi connectivity index (χ3n) is 2.32. The number of nitrogen functional groups attached to an aromatic ring is 1. The van der Waals surface area contributed by atoms with E-state index in [9.17, 15) is 4.79 Å². The van der Waals surface area contributed by atoms with Gasteiger partial charge >= 0.3 is 6.03 Å². The van der Waals surface area contributed by atoms with Crippen LogP contribution in [0.5, 0.6) is 0 Å². The first-order chi connectivity index (χ1) is 9.04. The van der Waals surface area contributed by atoms with E-state index >= 15 is 0 Å². The second-order valence-electron chi connectivity index (χ2n) is 3.83. The molecule has 19 heavy (non-hydrogen) atoms. The van der Waals surface area contributed by atoms with Crippen molar-refractivity contribution in [1.29, 1.82) is 0 Å². The summed E-state index contributed by atoms with van der Waals surface area (Å²) in [5, 5.41) is 5.46. The van der Waals surface area contributed by atoms with Crippen molar-refractivity contribution >= 4 is 55.0 Å². The maximum Gasteiger partial charge on any atom is 0.323 e. The third-order valence-corrected chi connectivity index (χ3v) is 3.47. The molecule has 0 heterocycles. The fraction of sp³-hybridized carbons (Fsp3) is 0. The number of carbonyl (C=O) groups excluding carboxylic acids is 1. The number of hydrogen-bond donors (Lipinski definition) is 3. The quantitative estimate of drug-likeness (QED) is 0.670. The largest absolute Gasteiger partial charge is 0.399 e. The monoisotopic (exact) mass is 383 g/mol. The number of halogens is 2. The lowest BCUT2D eigenvalue weighted by atomic mass is 10.3. The van der Waals surface area contributed by atoms with Crippen molar-refractivity contribution in [1.82, 2.24) is 0 Å². The SMILES string of the molecule is Nc1cccc(NC(=O)Nc2ccc(Br)cc2Br)c1. The fourth-order valence-corrected chi connectivity index (χ4v) is 2.64. The summed E-state index contributed by atoms with van der Waals surface area (Å²) in [7, 11) is 0. The summed E-state index contributed by atoms with van der Waals surface area (Å²) in [5.74, 6) is 0. The Labute approximate surface area is 127 Å². The van der Waals surface area contributed by atoms with Crippen LogP contribution in [0.2, 0.25) is 0 Å². The molecule has 0 atom stereocenters. The van der Waals surface area contributed by atoms with Gasteiger partial charge in [0.2, 0.25) is 0 Å². The van der Waals surface area contributed by atoms with Gasteiger partial charge < -0.3 is 16.4 Å². The Kier molecular flexibility index (Phi) is 4.44.